The van der Waals surface area contributed by atoms with Crippen molar-refractivity contribution in [1.29, 1.82) is 0 Å². The lowest BCUT2D eigenvalue weighted by atomic mass is 9.94. The average Bonchev–Trinajstić information content (AvgIpc) is 3.45. The minimum Gasteiger partial charge on any atom is -0.507 e. The fraction of sp³-hybridized carbons (Fsp3) is 0.207. The molecule has 2 heterocycles. The van der Waals surface area contributed by atoms with Crippen LogP contribution in [0, 0.1) is 6.92 Å². The number of carbonyl (C=O) groups is 2. The summed E-state index contributed by atoms with van der Waals surface area (Å²) in [5, 5.41) is 12.2. The molecule has 1 N–H and O–H groups in total. The number of amides is 1. The van der Waals surface area contributed by atoms with Gasteiger partial charge in [-0.05, 0) is 42.7 Å². The predicted molar refractivity (Wildman–Crippen MR) is 150 cm³/mol. The van der Waals surface area contributed by atoms with Gasteiger partial charge in [0.25, 0.3) is 5.78 Å². The number of benzene rings is 3. The van der Waals surface area contributed by atoms with E-state index in [2.05, 4.69) is 6.92 Å². The van der Waals surface area contributed by atoms with E-state index in [4.69, 9.17) is 26.1 Å². The summed E-state index contributed by atoms with van der Waals surface area (Å²) in [6.45, 7) is 3.99. The lowest BCUT2D eigenvalue weighted by Crippen LogP contribution is -2.29. The number of thiazole rings is 1. The summed E-state index contributed by atoms with van der Waals surface area (Å²) in [4.78, 5) is 33.2. The molecule has 9 heteroatoms. The predicted octanol–water partition coefficient (Wildman–Crippen LogP) is 6.46. The third kappa shape index (κ3) is 4.29. The zero-order chi connectivity index (χ0) is 27.1. The van der Waals surface area contributed by atoms with E-state index >= 15 is 0 Å². The second-order valence-electron chi connectivity index (χ2n) is 8.92. The number of Topliss-reactive ketones (excluding diaryl/α,β-unsaturated/α-hetero) is 1. The quantitative estimate of drug-likeness (QED) is 0.169. The molecule has 0 saturated carbocycles. The van der Waals surface area contributed by atoms with Crippen LogP contribution in [0.4, 0.5) is 5.13 Å². The molecule has 0 bridgehead atoms. The number of aliphatic hydroxyl groups is 1. The average molecular weight is 549 g/mol. The number of anilines is 1. The summed E-state index contributed by atoms with van der Waals surface area (Å²) in [5.41, 5.74) is 3.58. The number of hydrogen-bond acceptors (Lipinski definition) is 7. The Kier molecular flexibility index (Phi) is 6.86. The van der Waals surface area contributed by atoms with Crippen molar-refractivity contribution in [1.82, 2.24) is 4.98 Å². The summed E-state index contributed by atoms with van der Waals surface area (Å²) in [7, 11) is 2.90. The Balaban J connectivity index is 1.75. The van der Waals surface area contributed by atoms with Crippen LogP contribution in [0.2, 0.25) is 5.02 Å². The van der Waals surface area contributed by atoms with Gasteiger partial charge in [0.1, 0.15) is 17.3 Å². The van der Waals surface area contributed by atoms with Gasteiger partial charge in [-0.1, -0.05) is 65.8 Å². The standard InChI is InChI=1S/C29H25ClN2O5S/c1-5-16-9-10-20-23(12-16)38-29(31-20)32-25(17-8-6-7-15(2)11-17)24(27(34)28(32)35)26(33)18-13-19(30)22(37-4)14-21(18)36-3/h6-14,25,33H,5H2,1-4H3/b26-24+. The summed E-state index contributed by atoms with van der Waals surface area (Å²) in [6, 6.07) is 15.5. The van der Waals surface area contributed by atoms with Crippen LogP contribution in [-0.4, -0.2) is 36.0 Å². The topological polar surface area (TPSA) is 89.0 Å². The van der Waals surface area contributed by atoms with Gasteiger partial charge >= 0.3 is 5.91 Å². The number of nitrogens with zero attached hydrogens (tertiary/aromatic N) is 2. The van der Waals surface area contributed by atoms with E-state index in [-0.39, 0.29) is 21.9 Å². The minimum atomic E-state index is -0.910. The van der Waals surface area contributed by atoms with Gasteiger partial charge in [-0.15, -0.1) is 0 Å². The van der Waals surface area contributed by atoms with Gasteiger partial charge in [0.05, 0.1) is 46.6 Å². The number of carbonyl (C=O) groups excluding carboxylic acids is 2. The SMILES string of the molecule is CCc1ccc2nc(N3C(=O)C(=O)/C(=C(/O)c4cc(Cl)c(OC)cc4OC)C3c3cccc(C)c3)sc2c1. The number of methoxy groups -OCH3 is 2. The normalized spacial score (nSPS) is 16.9. The first-order chi connectivity index (χ1) is 18.3. The zero-order valence-corrected chi connectivity index (χ0v) is 22.8. The fourth-order valence-corrected chi connectivity index (χ4v) is 5.95. The molecule has 0 aliphatic carbocycles. The lowest BCUT2D eigenvalue weighted by Gasteiger charge is -2.23. The van der Waals surface area contributed by atoms with Crippen LogP contribution in [-0.2, 0) is 16.0 Å². The molecule has 1 aliphatic heterocycles. The molecule has 1 unspecified atom stereocenters. The van der Waals surface area contributed by atoms with Crippen molar-refractivity contribution >= 4 is 55.7 Å². The number of rotatable bonds is 6. The molecule has 7 nitrogen and oxygen atoms in total. The molecule has 4 aromatic rings. The van der Waals surface area contributed by atoms with Crippen molar-refractivity contribution in [3.8, 4) is 11.5 Å². The Hall–Kier alpha value is -3.88. The van der Waals surface area contributed by atoms with Crippen LogP contribution in [0.5, 0.6) is 11.5 Å². The first-order valence-electron chi connectivity index (χ1n) is 12.0. The fourth-order valence-electron chi connectivity index (χ4n) is 4.66. The number of hydrogen-bond donors (Lipinski definition) is 1. The Morgan fingerprint density at radius 1 is 1.08 bits per heavy atom. The monoisotopic (exact) mass is 548 g/mol. The molecule has 194 valence electrons. The van der Waals surface area contributed by atoms with E-state index in [1.165, 1.54) is 42.6 Å². The number of fused-ring (bicyclic) bond motifs is 1. The van der Waals surface area contributed by atoms with Crippen LogP contribution in [0.3, 0.4) is 0 Å². The maximum absolute atomic E-state index is 13.6. The molecule has 1 aliphatic rings. The third-order valence-corrected chi connectivity index (χ3v) is 7.90. The molecule has 5 rings (SSSR count). The smallest absolute Gasteiger partial charge is 0.301 e. The first-order valence-corrected chi connectivity index (χ1v) is 13.2. The van der Waals surface area contributed by atoms with Gasteiger partial charge < -0.3 is 14.6 Å². The maximum Gasteiger partial charge on any atom is 0.301 e. The van der Waals surface area contributed by atoms with Crippen LogP contribution in [0.1, 0.15) is 35.2 Å². The van der Waals surface area contributed by atoms with E-state index in [1.807, 2.05) is 49.4 Å². The highest BCUT2D eigenvalue weighted by Crippen LogP contribution is 2.46. The molecule has 1 aromatic heterocycles. The largest absolute Gasteiger partial charge is 0.507 e. The Bertz CT molecular complexity index is 1630. The second kappa shape index (κ2) is 10.1. The van der Waals surface area contributed by atoms with Crippen molar-refractivity contribution < 1.29 is 24.2 Å². The zero-order valence-electron chi connectivity index (χ0n) is 21.2. The molecule has 1 fully saturated rings. The number of aromatic nitrogens is 1. The Labute approximate surface area is 228 Å². The van der Waals surface area contributed by atoms with E-state index in [0.717, 1.165) is 27.8 Å². The molecule has 0 radical (unpaired) electrons. The molecular weight excluding hydrogens is 524 g/mol. The van der Waals surface area contributed by atoms with Crippen LogP contribution in [0.25, 0.3) is 16.0 Å². The van der Waals surface area contributed by atoms with E-state index < -0.39 is 23.5 Å². The number of aliphatic hydroxyl groups excluding tert-OH is 1. The lowest BCUT2D eigenvalue weighted by molar-refractivity contribution is -0.132. The van der Waals surface area contributed by atoms with Gasteiger partial charge in [-0.25, -0.2) is 4.98 Å². The number of ketones is 1. The first kappa shape index (κ1) is 25.8. The van der Waals surface area contributed by atoms with Gasteiger partial charge in [-0.3, -0.25) is 14.5 Å². The molecular formula is C29H25ClN2O5S. The molecule has 38 heavy (non-hydrogen) atoms. The highest BCUT2D eigenvalue weighted by molar-refractivity contribution is 7.22. The van der Waals surface area contributed by atoms with E-state index in [0.29, 0.717) is 16.4 Å². The number of ether oxygens (including phenoxy) is 2. The summed E-state index contributed by atoms with van der Waals surface area (Å²) >= 11 is 7.69. The number of halogens is 1. The highest BCUT2D eigenvalue weighted by atomic mass is 35.5. The van der Waals surface area contributed by atoms with Gasteiger partial charge in [0, 0.05) is 6.07 Å². The molecule has 1 atom stereocenters. The van der Waals surface area contributed by atoms with E-state index in [1.54, 1.807) is 0 Å². The van der Waals surface area contributed by atoms with Crippen molar-refractivity contribution in [3.63, 3.8) is 0 Å². The van der Waals surface area contributed by atoms with Gasteiger partial charge in [0.15, 0.2) is 5.13 Å². The van der Waals surface area contributed by atoms with E-state index in [9.17, 15) is 14.7 Å². The molecule has 1 saturated heterocycles. The van der Waals surface area contributed by atoms with Crippen LogP contribution >= 0.6 is 22.9 Å². The summed E-state index contributed by atoms with van der Waals surface area (Å²) in [6.07, 6.45) is 0.864. The van der Waals surface area contributed by atoms with Crippen molar-refractivity contribution in [2.75, 3.05) is 19.1 Å². The third-order valence-electron chi connectivity index (χ3n) is 6.59. The van der Waals surface area contributed by atoms with Crippen molar-refractivity contribution in [2.24, 2.45) is 0 Å². The Morgan fingerprint density at radius 3 is 2.53 bits per heavy atom. The van der Waals surface area contributed by atoms with Crippen molar-refractivity contribution in [2.45, 2.75) is 26.3 Å². The highest BCUT2D eigenvalue weighted by Gasteiger charge is 2.48. The summed E-state index contributed by atoms with van der Waals surface area (Å²) in [5.74, 6) is -1.40. The van der Waals surface area contributed by atoms with Crippen LogP contribution < -0.4 is 14.4 Å². The van der Waals surface area contributed by atoms with Crippen LogP contribution in [0.15, 0.2) is 60.2 Å². The molecule has 0 spiro atoms. The second-order valence-corrected chi connectivity index (χ2v) is 10.3. The minimum absolute atomic E-state index is 0.0753. The molecule has 1 amide bonds. The maximum atomic E-state index is 13.6. The van der Waals surface area contributed by atoms with Gasteiger partial charge in [-0.2, -0.15) is 0 Å². The summed E-state index contributed by atoms with van der Waals surface area (Å²) < 4.78 is 11.6. The number of aryl methyl sites for hydroxylation is 2. The van der Waals surface area contributed by atoms with Gasteiger partial charge in [0.2, 0.25) is 0 Å². The van der Waals surface area contributed by atoms with Crippen molar-refractivity contribution in [3.05, 3.63) is 87.4 Å². The molecule has 3 aromatic carbocycles. The Morgan fingerprint density at radius 2 is 1.84 bits per heavy atom.